The molecule has 158 valence electrons. The molecule has 9 heteroatoms. The van der Waals surface area contributed by atoms with Crippen LogP contribution in [0.5, 0.6) is 0 Å². The molecule has 1 amide bonds. The maximum absolute atomic E-state index is 11.7. The number of nitrogen functional groups attached to an aromatic ring is 1. The third kappa shape index (κ3) is 3.57. The minimum absolute atomic E-state index is 0.378. The number of amides is 1. The van der Waals surface area contributed by atoms with E-state index in [9.17, 15) is 4.79 Å². The number of nitrogens with one attached hydrogen (secondary N) is 1. The van der Waals surface area contributed by atoms with Gasteiger partial charge in [0, 0.05) is 56.0 Å². The first-order chi connectivity index (χ1) is 15.1. The van der Waals surface area contributed by atoms with E-state index in [2.05, 4.69) is 49.0 Å². The van der Waals surface area contributed by atoms with Crippen LogP contribution in [0.1, 0.15) is 16.1 Å². The quantitative estimate of drug-likeness (QED) is 0.455. The number of benzene rings is 1. The molecule has 0 aliphatic carbocycles. The molecule has 5 rings (SSSR count). The number of nitrogens with two attached hydrogens (primary N) is 2. The number of anilines is 3. The van der Waals surface area contributed by atoms with Gasteiger partial charge in [-0.05, 0) is 36.8 Å². The fraction of sp³-hybridized carbons (Fsp3) is 0.227. The van der Waals surface area contributed by atoms with Gasteiger partial charge in [0.15, 0.2) is 0 Å². The standard InChI is InChI=1S/C22H23N7OS/c23-18-17-16(6-7-27-22(17)31-19(18)20(24)30)29-11-1-10-28(12-13-29)15-4-2-14(3-5-15)21-25-8-9-26-21/h2-9H,1,10-13,23H2,(H2,24,30)(H,25,26). The Hall–Kier alpha value is -3.59. The number of carbonyl (C=O) groups is 1. The smallest absolute Gasteiger partial charge is 0.260 e. The van der Waals surface area contributed by atoms with Crippen LogP contribution in [0, 0.1) is 0 Å². The van der Waals surface area contributed by atoms with Crippen LogP contribution in [0.3, 0.4) is 0 Å². The third-order valence-corrected chi connectivity index (χ3v) is 6.80. The third-order valence-electron chi connectivity index (χ3n) is 5.67. The second-order valence-corrected chi connectivity index (χ2v) is 8.53. The number of aromatic amines is 1. The summed E-state index contributed by atoms with van der Waals surface area (Å²) in [6.07, 6.45) is 6.37. The van der Waals surface area contributed by atoms with Gasteiger partial charge in [0.2, 0.25) is 0 Å². The van der Waals surface area contributed by atoms with E-state index >= 15 is 0 Å². The van der Waals surface area contributed by atoms with Crippen molar-refractivity contribution in [1.82, 2.24) is 15.0 Å². The van der Waals surface area contributed by atoms with Crippen molar-refractivity contribution in [3.8, 4) is 11.4 Å². The molecule has 1 aliphatic heterocycles. The van der Waals surface area contributed by atoms with Crippen molar-refractivity contribution in [2.45, 2.75) is 6.42 Å². The first kappa shape index (κ1) is 19.4. The van der Waals surface area contributed by atoms with Gasteiger partial charge in [0.05, 0.1) is 16.8 Å². The average molecular weight is 434 g/mol. The molecule has 4 aromatic rings. The lowest BCUT2D eigenvalue weighted by Gasteiger charge is -2.25. The van der Waals surface area contributed by atoms with Crippen molar-refractivity contribution in [1.29, 1.82) is 0 Å². The monoisotopic (exact) mass is 433 g/mol. The molecule has 1 saturated heterocycles. The van der Waals surface area contributed by atoms with Crippen molar-refractivity contribution >= 4 is 44.5 Å². The number of fused-ring (bicyclic) bond motifs is 1. The Bertz CT molecular complexity index is 1220. The molecule has 1 aliphatic rings. The second-order valence-electron chi connectivity index (χ2n) is 7.53. The van der Waals surface area contributed by atoms with Crippen molar-refractivity contribution < 1.29 is 4.79 Å². The lowest BCUT2D eigenvalue weighted by molar-refractivity contribution is 0.100. The number of aromatic nitrogens is 3. The van der Waals surface area contributed by atoms with Crippen LogP contribution in [-0.2, 0) is 0 Å². The Labute approximate surface area is 183 Å². The molecule has 8 nitrogen and oxygen atoms in total. The number of hydrogen-bond acceptors (Lipinski definition) is 7. The zero-order chi connectivity index (χ0) is 21.4. The second kappa shape index (κ2) is 7.92. The van der Waals surface area contributed by atoms with Gasteiger partial charge < -0.3 is 26.3 Å². The SMILES string of the molecule is NC(=O)c1sc2nccc(N3CCCN(c4ccc(-c5ncc[nH]5)cc4)CC3)c2c1N. The summed E-state index contributed by atoms with van der Waals surface area (Å²) >= 11 is 1.26. The van der Waals surface area contributed by atoms with Gasteiger partial charge in [0.1, 0.15) is 15.5 Å². The van der Waals surface area contributed by atoms with Gasteiger partial charge >= 0.3 is 0 Å². The topological polar surface area (TPSA) is 117 Å². The zero-order valence-electron chi connectivity index (χ0n) is 16.9. The first-order valence-electron chi connectivity index (χ1n) is 10.2. The summed E-state index contributed by atoms with van der Waals surface area (Å²) < 4.78 is 0. The van der Waals surface area contributed by atoms with Crippen molar-refractivity contribution in [2.24, 2.45) is 5.73 Å². The zero-order valence-corrected chi connectivity index (χ0v) is 17.7. The Morgan fingerprint density at radius 1 is 1.00 bits per heavy atom. The molecule has 0 saturated carbocycles. The molecule has 3 aromatic heterocycles. The molecule has 5 N–H and O–H groups in total. The lowest BCUT2D eigenvalue weighted by atomic mass is 10.2. The molecule has 0 unspecified atom stereocenters. The summed E-state index contributed by atoms with van der Waals surface area (Å²) in [7, 11) is 0. The van der Waals surface area contributed by atoms with Crippen LogP contribution in [0.25, 0.3) is 21.6 Å². The number of nitrogens with zero attached hydrogens (tertiary/aromatic N) is 4. The number of hydrogen-bond donors (Lipinski definition) is 3. The summed E-state index contributed by atoms with van der Waals surface area (Å²) in [5.41, 5.74) is 15.5. The first-order valence-corrected chi connectivity index (χ1v) is 11.0. The average Bonchev–Trinajstić information content (AvgIpc) is 3.36. The molecule has 0 atom stereocenters. The van der Waals surface area contributed by atoms with Gasteiger partial charge in [-0.3, -0.25) is 4.79 Å². The molecule has 0 bridgehead atoms. The van der Waals surface area contributed by atoms with E-state index in [-0.39, 0.29) is 0 Å². The van der Waals surface area contributed by atoms with E-state index in [1.54, 1.807) is 12.4 Å². The van der Waals surface area contributed by atoms with E-state index in [0.717, 1.165) is 59.9 Å². The molecule has 1 aromatic carbocycles. The van der Waals surface area contributed by atoms with Crippen LogP contribution in [0.4, 0.5) is 17.1 Å². The number of rotatable bonds is 4. The maximum Gasteiger partial charge on any atom is 0.260 e. The molecular weight excluding hydrogens is 410 g/mol. The predicted molar refractivity (Wildman–Crippen MR) is 126 cm³/mol. The Morgan fingerprint density at radius 2 is 1.77 bits per heavy atom. The Balaban J connectivity index is 1.37. The van der Waals surface area contributed by atoms with Crippen molar-refractivity contribution in [3.63, 3.8) is 0 Å². The van der Waals surface area contributed by atoms with Gasteiger partial charge in [0.25, 0.3) is 5.91 Å². The predicted octanol–water partition coefficient (Wildman–Crippen LogP) is 3.08. The molecule has 0 spiro atoms. The molecule has 4 heterocycles. The van der Waals surface area contributed by atoms with Crippen LogP contribution in [0.2, 0.25) is 0 Å². The van der Waals surface area contributed by atoms with Crippen LogP contribution >= 0.6 is 11.3 Å². The van der Waals surface area contributed by atoms with Crippen LogP contribution in [0.15, 0.2) is 48.9 Å². The van der Waals surface area contributed by atoms with Gasteiger partial charge in [-0.15, -0.1) is 11.3 Å². The number of pyridine rings is 1. The normalized spacial score (nSPS) is 14.7. The van der Waals surface area contributed by atoms with Crippen LogP contribution in [-0.4, -0.2) is 47.0 Å². The van der Waals surface area contributed by atoms with E-state index < -0.39 is 5.91 Å². The van der Waals surface area contributed by atoms with Gasteiger partial charge in [-0.2, -0.15) is 0 Å². The molecule has 1 fully saturated rings. The summed E-state index contributed by atoms with van der Waals surface area (Å²) in [6, 6.07) is 10.5. The van der Waals surface area contributed by atoms with E-state index in [1.165, 1.54) is 17.0 Å². The highest BCUT2D eigenvalue weighted by Gasteiger charge is 2.22. The number of carbonyl (C=O) groups excluding carboxylic acids is 1. The van der Waals surface area contributed by atoms with Crippen molar-refractivity contribution in [2.75, 3.05) is 41.7 Å². The number of primary amides is 1. The molecule has 31 heavy (non-hydrogen) atoms. The van der Waals surface area contributed by atoms with E-state index in [0.29, 0.717) is 10.6 Å². The number of imidazole rings is 1. The fourth-order valence-electron chi connectivity index (χ4n) is 4.15. The highest BCUT2D eigenvalue weighted by Crippen LogP contribution is 2.38. The molecular formula is C22H23N7OS. The highest BCUT2D eigenvalue weighted by atomic mass is 32.1. The molecule has 0 radical (unpaired) electrons. The van der Waals surface area contributed by atoms with Gasteiger partial charge in [-0.1, -0.05) is 0 Å². The maximum atomic E-state index is 11.7. The summed E-state index contributed by atoms with van der Waals surface area (Å²) in [5, 5.41) is 0.831. The van der Waals surface area contributed by atoms with E-state index in [1.807, 2.05) is 12.3 Å². The summed E-state index contributed by atoms with van der Waals surface area (Å²) in [5.74, 6) is 0.366. The van der Waals surface area contributed by atoms with E-state index in [4.69, 9.17) is 11.5 Å². The number of H-pyrrole nitrogens is 1. The minimum Gasteiger partial charge on any atom is -0.397 e. The van der Waals surface area contributed by atoms with Crippen molar-refractivity contribution in [3.05, 3.63) is 53.8 Å². The lowest BCUT2D eigenvalue weighted by Crippen LogP contribution is -2.30. The highest BCUT2D eigenvalue weighted by molar-refractivity contribution is 7.21. The van der Waals surface area contributed by atoms with Gasteiger partial charge in [-0.25, -0.2) is 9.97 Å². The fourth-order valence-corrected chi connectivity index (χ4v) is 5.08. The number of thiophene rings is 1. The largest absolute Gasteiger partial charge is 0.397 e. The Kier molecular flexibility index (Phi) is 4.95. The summed E-state index contributed by atoms with van der Waals surface area (Å²) in [6.45, 7) is 3.61. The minimum atomic E-state index is -0.508. The Morgan fingerprint density at radius 3 is 2.52 bits per heavy atom. The van der Waals surface area contributed by atoms with Crippen LogP contribution < -0.4 is 21.3 Å². The summed E-state index contributed by atoms with van der Waals surface area (Å²) in [4.78, 5) is 29.4.